The van der Waals surface area contributed by atoms with Crippen molar-refractivity contribution >= 4 is 21.7 Å². The maximum atomic E-state index is 12.9. The Morgan fingerprint density at radius 3 is 2.32 bits per heavy atom. The molecular weight excluding hydrogens is 306 g/mol. The van der Waals surface area contributed by atoms with Crippen LogP contribution in [0.5, 0.6) is 0 Å². The van der Waals surface area contributed by atoms with Gasteiger partial charge < -0.3 is 5.73 Å². The summed E-state index contributed by atoms with van der Waals surface area (Å²) in [6, 6.07) is -0.308. The Kier molecular flexibility index (Phi) is 3.94. The van der Waals surface area contributed by atoms with Crippen molar-refractivity contribution in [2.24, 2.45) is 35.3 Å². The summed E-state index contributed by atoms with van der Waals surface area (Å²) >= 11 is 0. The second-order valence-electron chi connectivity index (χ2n) is 7.25. The smallest absolute Gasteiger partial charge is 0.267 e. The van der Waals surface area contributed by atoms with Gasteiger partial charge in [0.15, 0.2) is 0 Å². The van der Waals surface area contributed by atoms with Crippen LogP contribution in [0.2, 0.25) is 0 Å². The van der Waals surface area contributed by atoms with E-state index in [4.69, 9.17) is 5.73 Å². The Morgan fingerprint density at radius 1 is 1.05 bits per heavy atom. The van der Waals surface area contributed by atoms with Crippen LogP contribution >= 0.6 is 0 Å². The summed E-state index contributed by atoms with van der Waals surface area (Å²) in [5, 5.41) is -0.947. The van der Waals surface area contributed by atoms with Crippen molar-refractivity contribution in [3.8, 4) is 0 Å². The van der Waals surface area contributed by atoms with E-state index in [9.17, 15) is 22.6 Å². The highest BCUT2D eigenvalue weighted by molar-refractivity contribution is 7.86. The van der Waals surface area contributed by atoms with Gasteiger partial charge in [-0.05, 0) is 31.6 Å². The second-order valence-corrected chi connectivity index (χ2v) is 8.95. The minimum absolute atomic E-state index is 0.0500. The number of nitrogens with two attached hydrogens (primary N) is 1. The molecule has 0 radical (unpaired) electrons. The predicted octanol–water partition coefficient (Wildman–Crippen LogP) is 0.801. The van der Waals surface area contributed by atoms with Crippen LogP contribution in [0.25, 0.3) is 0 Å². The van der Waals surface area contributed by atoms with E-state index >= 15 is 0 Å². The number of Topliss-reactive ketones (excluding diaryl/α,β-unsaturated/α-hetero) is 2. The highest BCUT2D eigenvalue weighted by Gasteiger charge is 2.56. The van der Waals surface area contributed by atoms with Crippen LogP contribution in [-0.2, 0) is 19.7 Å². The van der Waals surface area contributed by atoms with Gasteiger partial charge in [-0.2, -0.15) is 8.42 Å². The molecule has 3 N–H and O–H groups in total. The van der Waals surface area contributed by atoms with E-state index in [2.05, 4.69) is 0 Å². The van der Waals surface area contributed by atoms with Crippen molar-refractivity contribution in [2.75, 3.05) is 0 Å². The molecule has 3 rings (SSSR count). The largest absolute Gasteiger partial charge is 0.327 e. The summed E-state index contributed by atoms with van der Waals surface area (Å²) < 4.78 is 32.3. The van der Waals surface area contributed by atoms with Gasteiger partial charge in [-0.15, -0.1) is 0 Å². The van der Waals surface area contributed by atoms with E-state index < -0.39 is 33.1 Å². The summed E-state index contributed by atoms with van der Waals surface area (Å²) in [7, 11) is -4.19. The van der Waals surface area contributed by atoms with Gasteiger partial charge in [0.1, 0.15) is 11.6 Å². The highest BCUT2D eigenvalue weighted by Crippen LogP contribution is 2.48. The Balaban J connectivity index is 1.95. The molecule has 6 nitrogen and oxygen atoms in total. The lowest BCUT2D eigenvalue weighted by Gasteiger charge is -2.48. The van der Waals surface area contributed by atoms with Crippen molar-refractivity contribution in [1.82, 2.24) is 0 Å². The van der Waals surface area contributed by atoms with Crippen molar-refractivity contribution in [3.63, 3.8) is 0 Å². The molecule has 0 spiro atoms. The lowest BCUT2D eigenvalue weighted by atomic mass is 9.55. The SMILES string of the molecule is CC1CC(S(=O)(=O)O)CC2C(=O)C3C(N)CCCC3C(=O)C12. The van der Waals surface area contributed by atoms with Gasteiger partial charge in [0.25, 0.3) is 10.1 Å². The standard InChI is InChI=1S/C15H23NO5S/c1-7-5-8(22(19,20)21)6-10-12(7)14(17)9-3-2-4-11(16)13(9)15(10)18/h7-13H,2-6,16H2,1H3,(H,19,20,21). The molecule has 7 atom stereocenters. The van der Waals surface area contributed by atoms with Gasteiger partial charge in [-0.1, -0.05) is 13.3 Å². The topological polar surface area (TPSA) is 115 Å². The fraction of sp³-hybridized carbons (Fsp3) is 0.867. The molecule has 124 valence electrons. The number of carbonyl (C=O) groups excluding carboxylic acids is 2. The molecule has 3 aliphatic rings. The van der Waals surface area contributed by atoms with Gasteiger partial charge in [-0.3, -0.25) is 14.1 Å². The van der Waals surface area contributed by atoms with Crippen LogP contribution < -0.4 is 5.73 Å². The highest BCUT2D eigenvalue weighted by atomic mass is 32.2. The Labute approximate surface area is 130 Å². The molecule has 0 aromatic rings. The first-order valence-corrected chi connectivity index (χ1v) is 9.51. The summed E-state index contributed by atoms with van der Waals surface area (Å²) in [6.45, 7) is 1.81. The van der Waals surface area contributed by atoms with E-state index in [-0.39, 0.29) is 42.3 Å². The molecule has 0 heterocycles. The van der Waals surface area contributed by atoms with Crippen LogP contribution in [0, 0.1) is 29.6 Å². The Hall–Kier alpha value is -0.790. The zero-order valence-corrected chi connectivity index (χ0v) is 13.5. The molecule has 0 aliphatic heterocycles. The molecule has 3 saturated carbocycles. The number of hydrogen-bond donors (Lipinski definition) is 2. The third-order valence-corrected chi connectivity index (χ3v) is 7.18. The number of fused-ring (bicyclic) bond motifs is 2. The van der Waals surface area contributed by atoms with Crippen molar-refractivity contribution in [2.45, 2.75) is 50.3 Å². The third kappa shape index (κ3) is 2.43. The Morgan fingerprint density at radius 2 is 1.68 bits per heavy atom. The second kappa shape index (κ2) is 5.39. The summed E-state index contributed by atoms with van der Waals surface area (Å²) in [4.78, 5) is 25.7. The lowest BCUT2D eigenvalue weighted by molar-refractivity contribution is -0.154. The molecular formula is C15H23NO5S. The first kappa shape index (κ1) is 16.1. The number of rotatable bonds is 1. The van der Waals surface area contributed by atoms with Crippen molar-refractivity contribution in [3.05, 3.63) is 0 Å². The van der Waals surface area contributed by atoms with E-state index in [0.717, 1.165) is 12.8 Å². The van der Waals surface area contributed by atoms with Crippen molar-refractivity contribution < 1.29 is 22.6 Å². The average Bonchev–Trinajstić information content (AvgIpc) is 2.42. The van der Waals surface area contributed by atoms with Crippen LogP contribution in [0.4, 0.5) is 0 Å². The van der Waals surface area contributed by atoms with Crippen LogP contribution in [-0.4, -0.2) is 35.8 Å². The fourth-order valence-electron chi connectivity index (χ4n) is 4.95. The number of ketones is 2. The van der Waals surface area contributed by atoms with Crippen LogP contribution in [0.3, 0.4) is 0 Å². The first-order chi connectivity index (χ1) is 10.2. The van der Waals surface area contributed by atoms with Crippen molar-refractivity contribution in [1.29, 1.82) is 0 Å². The molecule has 3 fully saturated rings. The molecule has 0 aromatic heterocycles. The van der Waals surface area contributed by atoms with Gasteiger partial charge >= 0.3 is 0 Å². The number of carbonyl (C=O) groups is 2. The van der Waals surface area contributed by atoms with Gasteiger partial charge in [-0.25, -0.2) is 0 Å². The lowest BCUT2D eigenvalue weighted by Crippen LogP contribution is -2.59. The summed E-state index contributed by atoms with van der Waals surface area (Å²) in [6.07, 6.45) is 2.59. The fourth-order valence-corrected chi connectivity index (χ4v) is 5.95. The maximum absolute atomic E-state index is 12.9. The normalized spacial score (nSPS) is 46.0. The average molecular weight is 329 g/mol. The van der Waals surface area contributed by atoms with E-state index in [1.807, 2.05) is 6.92 Å². The van der Waals surface area contributed by atoms with E-state index in [1.54, 1.807) is 0 Å². The molecule has 22 heavy (non-hydrogen) atoms. The monoisotopic (exact) mass is 329 g/mol. The van der Waals surface area contributed by atoms with Gasteiger partial charge in [0.05, 0.1) is 5.25 Å². The number of hydrogen-bond acceptors (Lipinski definition) is 5. The third-order valence-electron chi connectivity index (χ3n) is 5.95. The zero-order chi connectivity index (χ0) is 16.2. The summed E-state index contributed by atoms with van der Waals surface area (Å²) in [5.41, 5.74) is 6.08. The minimum Gasteiger partial charge on any atom is -0.327 e. The molecule has 0 saturated heterocycles. The van der Waals surface area contributed by atoms with E-state index in [0.29, 0.717) is 6.42 Å². The quantitative estimate of drug-likeness (QED) is 0.688. The van der Waals surface area contributed by atoms with Crippen LogP contribution in [0.1, 0.15) is 39.0 Å². The first-order valence-electron chi connectivity index (χ1n) is 8.01. The minimum atomic E-state index is -4.19. The zero-order valence-electron chi connectivity index (χ0n) is 12.6. The molecule has 3 aliphatic carbocycles. The molecule has 0 amide bonds. The summed E-state index contributed by atoms with van der Waals surface area (Å²) in [5.74, 6) is -1.93. The Bertz CT molecular complexity index is 601. The maximum Gasteiger partial charge on any atom is 0.267 e. The molecule has 0 bridgehead atoms. The molecule has 7 unspecified atom stereocenters. The molecule has 0 aromatic carbocycles. The van der Waals surface area contributed by atoms with Crippen LogP contribution in [0.15, 0.2) is 0 Å². The van der Waals surface area contributed by atoms with E-state index in [1.165, 1.54) is 0 Å². The van der Waals surface area contributed by atoms with Gasteiger partial charge in [0, 0.05) is 29.7 Å². The van der Waals surface area contributed by atoms with Gasteiger partial charge in [0.2, 0.25) is 0 Å². The molecule has 7 heteroatoms. The predicted molar refractivity (Wildman–Crippen MR) is 79.5 cm³/mol.